The highest BCUT2D eigenvalue weighted by Crippen LogP contribution is 2.21. The van der Waals surface area contributed by atoms with E-state index in [1.165, 1.54) is 11.1 Å². The molecule has 0 amide bonds. The van der Waals surface area contributed by atoms with Gasteiger partial charge in [-0.25, -0.2) is 4.68 Å². The van der Waals surface area contributed by atoms with E-state index in [1.54, 1.807) is 0 Å². The van der Waals surface area contributed by atoms with E-state index in [-0.39, 0.29) is 0 Å². The zero-order chi connectivity index (χ0) is 14.4. The Labute approximate surface area is 121 Å². The van der Waals surface area contributed by atoms with Gasteiger partial charge in [0.05, 0.1) is 11.9 Å². The maximum absolute atomic E-state index is 4.47. The van der Waals surface area contributed by atoms with Crippen molar-refractivity contribution >= 4 is 0 Å². The summed E-state index contributed by atoms with van der Waals surface area (Å²) in [6, 6.07) is 10.5. The minimum atomic E-state index is 0.296. The van der Waals surface area contributed by atoms with Crippen molar-refractivity contribution < 1.29 is 0 Å². The second-order valence-corrected chi connectivity index (χ2v) is 5.22. The van der Waals surface area contributed by atoms with Gasteiger partial charge in [0.15, 0.2) is 0 Å². The van der Waals surface area contributed by atoms with Crippen LogP contribution in [-0.2, 0) is 0 Å². The Morgan fingerprint density at radius 3 is 2.75 bits per heavy atom. The van der Waals surface area contributed by atoms with Gasteiger partial charge in [-0.2, -0.15) is 5.10 Å². The summed E-state index contributed by atoms with van der Waals surface area (Å²) in [5.41, 5.74) is 3.49. The smallest absolute Gasteiger partial charge is 0.0645 e. The van der Waals surface area contributed by atoms with E-state index in [4.69, 9.17) is 0 Å². The third kappa shape index (κ3) is 3.81. The summed E-state index contributed by atoms with van der Waals surface area (Å²) < 4.78 is 1.92. The number of hydrogen-bond donors (Lipinski definition) is 1. The molecule has 3 nitrogen and oxygen atoms in total. The molecule has 1 heterocycles. The summed E-state index contributed by atoms with van der Waals surface area (Å²) >= 11 is 0. The zero-order valence-electron chi connectivity index (χ0n) is 12.3. The lowest BCUT2D eigenvalue weighted by Gasteiger charge is -2.17. The van der Waals surface area contributed by atoms with Crippen molar-refractivity contribution in [1.29, 1.82) is 0 Å². The fourth-order valence-corrected chi connectivity index (χ4v) is 2.21. The van der Waals surface area contributed by atoms with Crippen LogP contribution < -0.4 is 5.32 Å². The lowest BCUT2D eigenvalue weighted by atomic mass is 10.0. The van der Waals surface area contributed by atoms with E-state index in [1.807, 2.05) is 29.1 Å². The minimum Gasteiger partial charge on any atom is -0.310 e. The standard InChI is InChI=1S/C17H23N3/c1-4-10-18-17(11-14(2)3)15-12-19-20(13-15)16-8-6-5-7-9-16/h5-9,12-13,17-18H,2,4,10-11H2,1,3H3. The highest BCUT2D eigenvalue weighted by Gasteiger charge is 2.13. The van der Waals surface area contributed by atoms with Crippen molar-refractivity contribution in [2.24, 2.45) is 0 Å². The van der Waals surface area contributed by atoms with Crippen LogP contribution in [0.25, 0.3) is 5.69 Å². The molecule has 2 rings (SSSR count). The molecule has 0 saturated carbocycles. The van der Waals surface area contributed by atoms with Gasteiger partial charge in [-0.05, 0) is 38.4 Å². The molecule has 1 unspecified atom stereocenters. The SMILES string of the molecule is C=C(C)CC(NCCC)c1cnn(-c2ccccc2)c1. The van der Waals surface area contributed by atoms with E-state index >= 15 is 0 Å². The van der Waals surface area contributed by atoms with Crippen LogP contribution in [0.5, 0.6) is 0 Å². The van der Waals surface area contributed by atoms with Crippen LogP contribution in [0.4, 0.5) is 0 Å². The van der Waals surface area contributed by atoms with Crippen molar-refractivity contribution in [3.63, 3.8) is 0 Å². The summed E-state index contributed by atoms with van der Waals surface area (Å²) in [4.78, 5) is 0. The van der Waals surface area contributed by atoms with Gasteiger partial charge in [0, 0.05) is 17.8 Å². The second-order valence-electron chi connectivity index (χ2n) is 5.22. The maximum Gasteiger partial charge on any atom is 0.0645 e. The quantitative estimate of drug-likeness (QED) is 0.773. The molecular weight excluding hydrogens is 246 g/mol. The van der Waals surface area contributed by atoms with Crippen LogP contribution in [0.3, 0.4) is 0 Å². The fourth-order valence-electron chi connectivity index (χ4n) is 2.21. The number of aromatic nitrogens is 2. The average molecular weight is 269 g/mol. The van der Waals surface area contributed by atoms with Gasteiger partial charge < -0.3 is 5.32 Å². The predicted molar refractivity (Wildman–Crippen MR) is 84.0 cm³/mol. The molecule has 106 valence electrons. The van der Waals surface area contributed by atoms with Crippen LogP contribution in [-0.4, -0.2) is 16.3 Å². The number of hydrogen-bond acceptors (Lipinski definition) is 2. The average Bonchev–Trinajstić information content (AvgIpc) is 2.94. The molecule has 0 fully saturated rings. The van der Waals surface area contributed by atoms with Gasteiger partial charge in [0.25, 0.3) is 0 Å². The van der Waals surface area contributed by atoms with Gasteiger partial charge in [-0.1, -0.05) is 30.7 Å². The molecule has 1 aromatic carbocycles. The number of benzene rings is 1. The molecule has 0 radical (unpaired) electrons. The summed E-state index contributed by atoms with van der Waals surface area (Å²) in [6.45, 7) is 9.29. The first kappa shape index (κ1) is 14.5. The van der Waals surface area contributed by atoms with E-state index in [9.17, 15) is 0 Å². The Kier molecular flexibility index (Phi) is 5.13. The van der Waals surface area contributed by atoms with Crippen molar-refractivity contribution in [3.8, 4) is 5.69 Å². The minimum absolute atomic E-state index is 0.296. The van der Waals surface area contributed by atoms with Crippen molar-refractivity contribution in [1.82, 2.24) is 15.1 Å². The molecule has 3 heteroatoms. The molecule has 0 aliphatic carbocycles. The molecule has 0 aliphatic rings. The van der Waals surface area contributed by atoms with Crippen LogP contribution in [0.1, 0.15) is 38.3 Å². The number of nitrogens with zero attached hydrogens (tertiary/aromatic N) is 2. The monoisotopic (exact) mass is 269 g/mol. The normalized spacial score (nSPS) is 12.3. The fraction of sp³-hybridized carbons (Fsp3) is 0.353. The van der Waals surface area contributed by atoms with Gasteiger partial charge in [0.1, 0.15) is 0 Å². The van der Waals surface area contributed by atoms with Crippen LogP contribution in [0.2, 0.25) is 0 Å². The van der Waals surface area contributed by atoms with Gasteiger partial charge in [0.2, 0.25) is 0 Å². The Morgan fingerprint density at radius 2 is 2.10 bits per heavy atom. The summed E-state index contributed by atoms with van der Waals surface area (Å²) in [7, 11) is 0. The van der Waals surface area contributed by atoms with E-state index < -0.39 is 0 Å². The Balaban J connectivity index is 2.17. The van der Waals surface area contributed by atoms with Gasteiger partial charge in [-0.3, -0.25) is 0 Å². The zero-order valence-corrected chi connectivity index (χ0v) is 12.3. The van der Waals surface area contributed by atoms with Crippen LogP contribution in [0, 0.1) is 0 Å². The maximum atomic E-state index is 4.47. The largest absolute Gasteiger partial charge is 0.310 e. The highest BCUT2D eigenvalue weighted by atomic mass is 15.3. The van der Waals surface area contributed by atoms with E-state index in [0.29, 0.717) is 6.04 Å². The number of rotatable bonds is 7. The molecule has 2 aromatic rings. The van der Waals surface area contributed by atoms with Crippen LogP contribution >= 0.6 is 0 Å². The Morgan fingerprint density at radius 1 is 1.35 bits per heavy atom. The molecule has 0 saturated heterocycles. The first-order chi connectivity index (χ1) is 9.70. The molecule has 20 heavy (non-hydrogen) atoms. The van der Waals surface area contributed by atoms with E-state index in [0.717, 1.165) is 25.1 Å². The Bertz CT molecular complexity index is 542. The first-order valence-electron chi connectivity index (χ1n) is 7.18. The molecule has 1 N–H and O–H groups in total. The summed E-state index contributed by atoms with van der Waals surface area (Å²) in [5.74, 6) is 0. The van der Waals surface area contributed by atoms with Crippen molar-refractivity contribution in [2.75, 3.05) is 6.54 Å². The third-order valence-corrected chi connectivity index (χ3v) is 3.22. The number of nitrogens with one attached hydrogen (secondary N) is 1. The molecule has 1 atom stereocenters. The number of para-hydroxylation sites is 1. The molecule has 0 bridgehead atoms. The second kappa shape index (κ2) is 7.06. The first-order valence-corrected chi connectivity index (χ1v) is 7.18. The van der Waals surface area contributed by atoms with Gasteiger partial charge in [-0.15, -0.1) is 6.58 Å². The molecule has 1 aromatic heterocycles. The van der Waals surface area contributed by atoms with Crippen molar-refractivity contribution in [3.05, 3.63) is 60.4 Å². The summed E-state index contributed by atoms with van der Waals surface area (Å²) in [6.07, 6.45) is 6.12. The highest BCUT2D eigenvalue weighted by molar-refractivity contribution is 5.31. The lowest BCUT2D eigenvalue weighted by molar-refractivity contribution is 0.528. The molecule has 0 spiro atoms. The molecular formula is C17H23N3. The van der Waals surface area contributed by atoms with Crippen LogP contribution in [0.15, 0.2) is 54.9 Å². The Hall–Kier alpha value is -1.87. The predicted octanol–water partition coefficient (Wildman–Crippen LogP) is 3.88. The van der Waals surface area contributed by atoms with E-state index in [2.05, 4.69) is 49.2 Å². The topological polar surface area (TPSA) is 29.9 Å². The third-order valence-electron chi connectivity index (χ3n) is 3.22. The van der Waals surface area contributed by atoms with Gasteiger partial charge >= 0.3 is 0 Å². The lowest BCUT2D eigenvalue weighted by Crippen LogP contribution is -2.22. The van der Waals surface area contributed by atoms with Crippen molar-refractivity contribution in [2.45, 2.75) is 32.7 Å². The summed E-state index contributed by atoms with van der Waals surface area (Å²) in [5, 5.41) is 8.04. The molecule has 0 aliphatic heterocycles.